The maximum Gasteiger partial charge on any atom is 0.326 e. The minimum atomic E-state index is -1.08. The van der Waals surface area contributed by atoms with Crippen LogP contribution < -0.4 is 10.9 Å². The fourth-order valence-electron chi connectivity index (χ4n) is 1.57. The number of pyridine rings is 1. The first-order valence-corrected chi connectivity index (χ1v) is 5.67. The lowest BCUT2D eigenvalue weighted by atomic mass is 10.1. The highest BCUT2D eigenvalue weighted by molar-refractivity contribution is 5.95. The molecule has 6 heteroatoms. The Balaban J connectivity index is 2.90. The van der Waals surface area contributed by atoms with E-state index < -0.39 is 17.9 Å². The van der Waals surface area contributed by atoms with Crippen molar-refractivity contribution in [2.45, 2.75) is 25.8 Å². The molecule has 1 unspecified atom stereocenters. The van der Waals surface area contributed by atoms with Gasteiger partial charge in [0.05, 0.1) is 0 Å². The van der Waals surface area contributed by atoms with Gasteiger partial charge >= 0.3 is 5.97 Å². The molecular weight excluding hydrogens is 236 g/mol. The number of rotatable bonds is 5. The predicted octanol–water partition coefficient (Wildman–Crippen LogP) is 0.368. The van der Waals surface area contributed by atoms with Gasteiger partial charge in [0.15, 0.2) is 0 Å². The van der Waals surface area contributed by atoms with Crippen LogP contribution >= 0.6 is 0 Å². The molecular formula is C12H16N2O4. The molecule has 0 radical (unpaired) electrons. The molecule has 6 nitrogen and oxygen atoms in total. The summed E-state index contributed by atoms with van der Waals surface area (Å²) in [6, 6.07) is 3.34. The van der Waals surface area contributed by atoms with Crippen LogP contribution in [0.4, 0.5) is 0 Å². The lowest BCUT2D eigenvalue weighted by Crippen LogP contribution is -2.42. The van der Waals surface area contributed by atoms with E-state index in [0.717, 1.165) is 0 Å². The molecule has 0 saturated heterocycles. The van der Waals surface area contributed by atoms with E-state index in [2.05, 4.69) is 5.32 Å². The summed E-state index contributed by atoms with van der Waals surface area (Å²) in [5.74, 6) is -1.64. The van der Waals surface area contributed by atoms with Gasteiger partial charge in [-0.2, -0.15) is 0 Å². The summed E-state index contributed by atoms with van der Waals surface area (Å²) in [4.78, 5) is 34.2. The zero-order valence-corrected chi connectivity index (χ0v) is 10.3. The maximum atomic E-state index is 11.9. The predicted molar refractivity (Wildman–Crippen MR) is 65.5 cm³/mol. The number of nitrogens with one attached hydrogen (secondary N) is 1. The van der Waals surface area contributed by atoms with Crippen molar-refractivity contribution in [2.24, 2.45) is 7.05 Å². The number of carboxylic acids is 1. The van der Waals surface area contributed by atoms with Crippen LogP contribution in [0.15, 0.2) is 23.0 Å². The topological polar surface area (TPSA) is 88.4 Å². The summed E-state index contributed by atoms with van der Waals surface area (Å²) in [5.41, 5.74) is -0.171. The monoisotopic (exact) mass is 252 g/mol. The average molecular weight is 252 g/mol. The van der Waals surface area contributed by atoms with E-state index in [1.165, 1.54) is 29.8 Å². The number of aromatic nitrogens is 1. The SMILES string of the molecule is CCCC(NC(=O)c1cccc(=O)n1C)C(=O)O. The average Bonchev–Trinajstić information content (AvgIpc) is 2.31. The lowest BCUT2D eigenvalue weighted by molar-refractivity contribution is -0.139. The smallest absolute Gasteiger partial charge is 0.326 e. The van der Waals surface area contributed by atoms with Crippen LogP contribution in [0.5, 0.6) is 0 Å². The number of nitrogens with zero attached hydrogens (tertiary/aromatic N) is 1. The Kier molecular flexibility index (Phi) is 4.65. The van der Waals surface area contributed by atoms with E-state index in [1.54, 1.807) is 0 Å². The molecule has 1 rings (SSSR count). The first-order chi connectivity index (χ1) is 8.47. The molecule has 0 bridgehead atoms. The third-order valence-electron chi connectivity index (χ3n) is 2.60. The number of carboxylic acid groups (broad SMARTS) is 1. The van der Waals surface area contributed by atoms with E-state index in [4.69, 9.17) is 5.11 Å². The normalized spacial score (nSPS) is 11.9. The van der Waals surface area contributed by atoms with Gasteiger partial charge in [0.1, 0.15) is 11.7 Å². The minimum absolute atomic E-state index is 0.143. The number of aliphatic carboxylic acids is 1. The van der Waals surface area contributed by atoms with Crippen LogP contribution in [-0.4, -0.2) is 27.6 Å². The van der Waals surface area contributed by atoms with Crippen molar-refractivity contribution in [2.75, 3.05) is 0 Å². The van der Waals surface area contributed by atoms with Crippen molar-refractivity contribution in [1.82, 2.24) is 9.88 Å². The van der Waals surface area contributed by atoms with Crippen molar-refractivity contribution in [3.63, 3.8) is 0 Å². The van der Waals surface area contributed by atoms with Gasteiger partial charge in [-0.15, -0.1) is 0 Å². The molecule has 1 aromatic rings. The Labute approximate surface area is 104 Å². The van der Waals surface area contributed by atoms with Crippen LogP contribution in [0.3, 0.4) is 0 Å². The van der Waals surface area contributed by atoms with Gasteiger partial charge in [0.25, 0.3) is 11.5 Å². The third-order valence-corrected chi connectivity index (χ3v) is 2.60. The Morgan fingerprint density at radius 3 is 2.67 bits per heavy atom. The fraction of sp³-hybridized carbons (Fsp3) is 0.417. The van der Waals surface area contributed by atoms with E-state index in [1.807, 2.05) is 6.92 Å². The Morgan fingerprint density at radius 1 is 1.44 bits per heavy atom. The van der Waals surface area contributed by atoms with E-state index in [0.29, 0.717) is 12.8 Å². The molecule has 0 aromatic carbocycles. The first kappa shape index (κ1) is 14.0. The quantitative estimate of drug-likeness (QED) is 0.792. The zero-order chi connectivity index (χ0) is 13.7. The molecule has 18 heavy (non-hydrogen) atoms. The van der Waals surface area contributed by atoms with Crippen molar-refractivity contribution in [3.8, 4) is 0 Å². The number of hydrogen-bond acceptors (Lipinski definition) is 3. The van der Waals surface area contributed by atoms with Crippen molar-refractivity contribution >= 4 is 11.9 Å². The highest BCUT2D eigenvalue weighted by atomic mass is 16.4. The summed E-state index contributed by atoms with van der Waals surface area (Å²) in [5, 5.41) is 11.3. The van der Waals surface area contributed by atoms with E-state index >= 15 is 0 Å². The van der Waals surface area contributed by atoms with Crippen LogP contribution in [0.1, 0.15) is 30.3 Å². The molecule has 0 spiro atoms. The van der Waals surface area contributed by atoms with Crippen LogP contribution in [0.25, 0.3) is 0 Å². The van der Waals surface area contributed by atoms with Gasteiger partial charge < -0.3 is 15.0 Å². The molecule has 1 aromatic heterocycles. The highest BCUT2D eigenvalue weighted by Crippen LogP contribution is 2.00. The number of amides is 1. The van der Waals surface area contributed by atoms with Gasteiger partial charge in [-0.3, -0.25) is 9.59 Å². The summed E-state index contributed by atoms with van der Waals surface area (Å²) in [6.45, 7) is 1.83. The van der Waals surface area contributed by atoms with Gasteiger partial charge in [-0.1, -0.05) is 19.4 Å². The standard InChI is InChI=1S/C12H16N2O4/c1-3-5-8(12(17)18)13-11(16)9-6-4-7-10(15)14(9)2/h4,6-8H,3,5H2,1-2H3,(H,13,16)(H,17,18). The Hall–Kier alpha value is -2.11. The molecule has 1 amide bonds. The van der Waals surface area contributed by atoms with Crippen molar-refractivity contribution in [3.05, 3.63) is 34.2 Å². The zero-order valence-electron chi connectivity index (χ0n) is 10.3. The molecule has 0 fully saturated rings. The number of carbonyl (C=O) groups excluding carboxylic acids is 1. The van der Waals surface area contributed by atoms with Gasteiger partial charge in [-0.05, 0) is 12.5 Å². The van der Waals surface area contributed by atoms with Crippen molar-refractivity contribution < 1.29 is 14.7 Å². The third kappa shape index (κ3) is 3.19. The van der Waals surface area contributed by atoms with Gasteiger partial charge in [-0.25, -0.2) is 4.79 Å². The number of hydrogen-bond donors (Lipinski definition) is 2. The number of carbonyl (C=O) groups is 2. The van der Waals surface area contributed by atoms with Gasteiger partial charge in [0.2, 0.25) is 0 Å². The molecule has 1 atom stereocenters. The molecule has 1 heterocycles. The molecule has 2 N–H and O–H groups in total. The largest absolute Gasteiger partial charge is 0.480 e. The second kappa shape index (κ2) is 6.00. The minimum Gasteiger partial charge on any atom is -0.480 e. The van der Waals surface area contributed by atoms with E-state index in [9.17, 15) is 14.4 Å². The fourth-order valence-corrected chi connectivity index (χ4v) is 1.57. The summed E-state index contributed by atoms with van der Waals surface area (Å²) >= 11 is 0. The molecule has 0 saturated carbocycles. The highest BCUT2D eigenvalue weighted by Gasteiger charge is 2.20. The molecule has 0 aliphatic carbocycles. The van der Waals surface area contributed by atoms with Crippen LogP contribution in [0.2, 0.25) is 0 Å². The summed E-state index contributed by atoms with van der Waals surface area (Å²) in [6.07, 6.45) is 0.993. The molecule has 98 valence electrons. The molecule has 0 aliphatic heterocycles. The second-order valence-electron chi connectivity index (χ2n) is 3.96. The van der Waals surface area contributed by atoms with Crippen molar-refractivity contribution in [1.29, 1.82) is 0 Å². The van der Waals surface area contributed by atoms with Crippen LogP contribution in [0, 0.1) is 0 Å². The Morgan fingerprint density at radius 2 is 2.11 bits per heavy atom. The van der Waals surface area contributed by atoms with Gasteiger partial charge in [0, 0.05) is 13.1 Å². The lowest BCUT2D eigenvalue weighted by Gasteiger charge is -2.14. The first-order valence-electron chi connectivity index (χ1n) is 5.67. The molecule has 0 aliphatic rings. The Bertz CT molecular complexity index is 507. The maximum absolute atomic E-state index is 11.9. The van der Waals surface area contributed by atoms with Crippen LogP contribution in [-0.2, 0) is 11.8 Å². The van der Waals surface area contributed by atoms with E-state index in [-0.39, 0.29) is 11.3 Å². The summed E-state index contributed by atoms with van der Waals surface area (Å²) in [7, 11) is 1.47. The second-order valence-corrected chi connectivity index (χ2v) is 3.96. The summed E-state index contributed by atoms with van der Waals surface area (Å²) < 4.78 is 1.18.